The number of halogens is 3. The van der Waals surface area contributed by atoms with E-state index in [-0.39, 0.29) is 25.1 Å². The molecule has 1 aromatic carbocycles. The fourth-order valence-corrected chi connectivity index (χ4v) is 2.38. The number of nitrogens with one attached hydrogen (secondary N) is 2. The Morgan fingerprint density at radius 2 is 2.04 bits per heavy atom. The minimum absolute atomic E-state index is 0. The molecule has 0 bridgehead atoms. The molecule has 3 N–H and O–H groups in total. The third-order valence-corrected chi connectivity index (χ3v) is 3.53. The number of aliphatic hydroxyl groups excluding tert-OH is 1. The van der Waals surface area contributed by atoms with E-state index >= 15 is 0 Å². The maximum absolute atomic E-state index is 13.0. The highest BCUT2D eigenvalue weighted by Gasteiger charge is 2.42. The van der Waals surface area contributed by atoms with E-state index in [0.717, 1.165) is 0 Å². The van der Waals surface area contributed by atoms with Gasteiger partial charge in [-0.2, -0.15) is 0 Å². The number of ether oxygens (including phenoxy) is 1. The molecule has 1 aromatic rings. The summed E-state index contributed by atoms with van der Waals surface area (Å²) in [5.74, 6) is -2.69. The Morgan fingerprint density at radius 1 is 1.42 bits per heavy atom. The van der Waals surface area contributed by atoms with Crippen molar-refractivity contribution in [3.63, 3.8) is 0 Å². The maximum atomic E-state index is 13.0. The predicted molar refractivity (Wildman–Crippen MR) is 88.8 cm³/mol. The summed E-state index contributed by atoms with van der Waals surface area (Å²) >= 11 is 0. The van der Waals surface area contributed by atoms with Gasteiger partial charge in [-0.15, -0.1) is 12.4 Å². The average molecular weight is 365 g/mol. The fourth-order valence-electron chi connectivity index (χ4n) is 2.38. The summed E-state index contributed by atoms with van der Waals surface area (Å²) in [5, 5.41) is 15.0. The van der Waals surface area contributed by atoms with Gasteiger partial charge in [0.15, 0.2) is 0 Å². The third-order valence-electron chi connectivity index (χ3n) is 3.53. The molecule has 136 valence electrons. The van der Waals surface area contributed by atoms with Crippen LogP contribution in [0.25, 0.3) is 0 Å². The van der Waals surface area contributed by atoms with Gasteiger partial charge in [0.05, 0.1) is 24.8 Å². The smallest absolute Gasteiger partial charge is 0.262 e. The monoisotopic (exact) mass is 364 g/mol. The van der Waals surface area contributed by atoms with Crippen molar-refractivity contribution >= 4 is 18.3 Å². The molecule has 0 aliphatic carbocycles. The van der Waals surface area contributed by atoms with Crippen molar-refractivity contribution < 1.29 is 23.4 Å². The molecule has 1 amide bonds. The Hall–Kier alpha value is -1.44. The molecular weight excluding hydrogens is 342 g/mol. The minimum atomic E-state index is -2.85. The van der Waals surface area contributed by atoms with Crippen molar-refractivity contribution in [2.24, 2.45) is 0 Å². The summed E-state index contributed by atoms with van der Waals surface area (Å²) < 4.78 is 31.6. The van der Waals surface area contributed by atoms with E-state index in [0.29, 0.717) is 11.3 Å². The lowest BCUT2D eigenvalue weighted by atomic mass is 10.1. The zero-order valence-corrected chi connectivity index (χ0v) is 14.4. The highest BCUT2D eigenvalue weighted by molar-refractivity contribution is 5.85. The number of hydrogen-bond acceptors (Lipinski definition) is 4. The molecule has 1 aliphatic heterocycles. The lowest BCUT2D eigenvalue weighted by Gasteiger charge is -2.16. The van der Waals surface area contributed by atoms with Crippen molar-refractivity contribution in [3.8, 4) is 5.75 Å². The molecular formula is C16H23ClF2N2O3. The Labute approximate surface area is 146 Å². The van der Waals surface area contributed by atoms with Gasteiger partial charge in [-0.1, -0.05) is 12.1 Å². The molecule has 0 spiro atoms. The van der Waals surface area contributed by atoms with Crippen LogP contribution < -0.4 is 15.4 Å². The zero-order chi connectivity index (χ0) is 17.0. The van der Waals surface area contributed by atoms with E-state index in [4.69, 9.17) is 4.74 Å². The Bertz CT molecular complexity index is 541. The second kappa shape index (κ2) is 8.60. The molecule has 8 heteroatoms. The van der Waals surface area contributed by atoms with E-state index in [1.807, 2.05) is 13.8 Å². The van der Waals surface area contributed by atoms with Crippen LogP contribution in [0.3, 0.4) is 0 Å². The largest absolute Gasteiger partial charge is 0.491 e. The zero-order valence-electron chi connectivity index (χ0n) is 13.6. The van der Waals surface area contributed by atoms with Crippen LogP contribution in [0.2, 0.25) is 0 Å². The maximum Gasteiger partial charge on any atom is 0.262 e. The van der Waals surface area contributed by atoms with E-state index in [1.54, 1.807) is 24.3 Å². The van der Waals surface area contributed by atoms with Crippen molar-refractivity contribution in [2.45, 2.75) is 44.4 Å². The van der Waals surface area contributed by atoms with Crippen molar-refractivity contribution in [1.29, 1.82) is 0 Å². The van der Waals surface area contributed by atoms with Gasteiger partial charge >= 0.3 is 0 Å². The number of aliphatic hydroxyl groups is 1. The molecule has 5 nitrogen and oxygen atoms in total. The van der Waals surface area contributed by atoms with Crippen molar-refractivity contribution in [3.05, 3.63) is 29.8 Å². The number of carbonyl (C=O) groups is 1. The summed E-state index contributed by atoms with van der Waals surface area (Å²) in [6.45, 7) is 3.30. The highest BCUT2D eigenvalue weighted by atomic mass is 35.5. The molecule has 1 heterocycles. The summed E-state index contributed by atoms with van der Waals surface area (Å²) in [5.41, 5.74) is 0.617. The van der Waals surface area contributed by atoms with Gasteiger partial charge in [-0.25, -0.2) is 8.78 Å². The van der Waals surface area contributed by atoms with Crippen LogP contribution in [0.1, 0.15) is 31.9 Å². The molecule has 2 unspecified atom stereocenters. The lowest BCUT2D eigenvalue weighted by Crippen LogP contribution is -2.41. The topological polar surface area (TPSA) is 70.6 Å². The Kier molecular flexibility index (Phi) is 7.38. The first-order valence-corrected chi connectivity index (χ1v) is 7.60. The Morgan fingerprint density at radius 3 is 2.54 bits per heavy atom. The van der Waals surface area contributed by atoms with E-state index in [1.165, 1.54) is 0 Å². The molecule has 1 aliphatic rings. The van der Waals surface area contributed by atoms with E-state index in [9.17, 15) is 18.7 Å². The van der Waals surface area contributed by atoms with Gasteiger partial charge in [0.2, 0.25) is 5.91 Å². The van der Waals surface area contributed by atoms with E-state index < -0.39 is 36.9 Å². The molecule has 0 radical (unpaired) electrons. The minimum Gasteiger partial charge on any atom is -0.491 e. The average Bonchev–Trinajstić information content (AvgIpc) is 2.85. The van der Waals surface area contributed by atoms with Crippen LogP contribution in [-0.2, 0) is 4.79 Å². The van der Waals surface area contributed by atoms with Gasteiger partial charge in [0.25, 0.3) is 5.92 Å². The number of rotatable bonds is 6. The molecule has 1 fully saturated rings. The number of benzene rings is 1. The predicted octanol–water partition coefficient (Wildman–Crippen LogP) is 2.04. The van der Waals surface area contributed by atoms with Crippen LogP contribution in [-0.4, -0.2) is 42.2 Å². The van der Waals surface area contributed by atoms with Gasteiger partial charge in [0, 0.05) is 13.0 Å². The molecule has 0 saturated carbocycles. The standard InChI is InChI=1S/C16H22F2N2O3.ClH/c1-10(2)23-12-5-3-11(4-6-12)14(21)8-19-15(22)13-7-16(17,18)9-20-13;/h3-6,10,13-14,20-21H,7-9H2,1-2H3,(H,19,22);1H. The quantitative estimate of drug-likeness (QED) is 0.722. The molecule has 2 rings (SSSR count). The first-order valence-electron chi connectivity index (χ1n) is 7.60. The summed E-state index contributed by atoms with van der Waals surface area (Å²) in [4.78, 5) is 11.8. The van der Waals surface area contributed by atoms with Crippen molar-refractivity contribution in [1.82, 2.24) is 10.6 Å². The van der Waals surface area contributed by atoms with Crippen molar-refractivity contribution in [2.75, 3.05) is 13.1 Å². The SMILES string of the molecule is CC(C)Oc1ccc(C(O)CNC(=O)C2CC(F)(F)CN2)cc1.Cl. The van der Waals surface area contributed by atoms with Crippen LogP contribution in [0.4, 0.5) is 8.78 Å². The van der Waals surface area contributed by atoms with Gasteiger partial charge in [-0.05, 0) is 31.5 Å². The second-order valence-corrected chi connectivity index (χ2v) is 5.99. The molecule has 1 saturated heterocycles. The van der Waals surface area contributed by atoms with Crippen LogP contribution in [0, 0.1) is 0 Å². The molecule has 2 atom stereocenters. The number of carbonyl (C=O) groups excluding carboxylic acids is 1. The molecule has 0 aromatic heterocycles. The van der Waals surface area contributed by atoms with Gasteiger partial charge in [-0.3, -0.25) is 10.1 Å². The number of alkyl halides is 2. The fraction of sp³-hybridized carbons (Fsp3) is 0.562. The summed E-state index contributed by atoms with van der Waals surface area (Å²) in [7, 11) is 0. The lowest BCUT2D eigenvalue weighted by molar-refractivity contribution is -0.123. The van der Waals surface area contributed by atoms with E-state index in [2.05, 4.69) is 10.6 Å². The van der Waals surface area contributed by atoms with Crippen LogP contribution >= 0.6 is 12.4 Å². The summed E-state index contributed by atoms with van der Waals surface area (Å²) in [6.07, 6.45) is -1.37. The van der Waals surface area contributed by atoms with Crippen LogP contribution in [0.5, 0.6) is 5.75 Å². The van der Waals surface area contributed by atoms with Crippen LogP contribution in [0.15, 0.2) is 24.3 Å². The highest BCUT2D eigenvalue weighted by Crippen LogP contribution is 2.25. The van der Waals surface area contributed by atoms with Gasteiger partial charge < -0.3 is 15.2 Å². The number of amides is 1. The van der Waals surface area contributed by atoms with Gasteiger partial charge in [0.1, 0.15) is 5.75 Å². The first-order chi connectivity index (χ1) is 10.8. The summed E-state index contributed by atoms with van der Waals surface area (Å²) in [6, 6.07) is 5.96. The second-order valence-electron chi connectivity index (χ2n) is 5.99. The normalized spacial score (nSPS) is 20.3. The third kappa shape index (κ3) is 5.89. The number of hydrogen-bond donors (Lipinski definition) is 3. The Balaban J connectivity index is 0.00000288. The first kappa shape index (κ1) is 20.6. The molecule has 24 heavy (non-hydrogen) atoms.